The third kappa shape index (κ3) is 1.83. The van der Waals surface area contributed by atoms with Crippen molar-refractivity contribution in [1.82, 2.24) is 9.78 Å². The fraction of sp³-hybridized carbons (Fsp3) is 0.667. The van der Waals surface area contributed by atoms with E-state index < -0.39 is 0 Å². The van der Waals surface area contributed by atoms with Gasteiger partial charge in [-0.15, -0.1) is 0 Å². The van der Waals surface area contributed by atoms with Crippen molar-refractivity contribution in [1.29, 1.82) is 0 Å². The summed E-state index contributed by atoms with van der Waals surface area (Å²) in [5.41, 5.74) is 1.23. The Morgan fingerprint density at radius 3 is 2.86 bits per heavy atom. The zero-order valence-electron chi connectivity index (χ0n) is 8.86. The van der Waals surface area contributed by atoms with Gasteiger partial charge in [0.05, 0.1) is 18.3 Å². The van der Waals surface area contributed by atoms with E-state index in [4.69, 9.17) is 9.69 Å². The van der Waals surface area contributed by atoms with Crippen LogP contribution < -0.4 is 0 Å². The van der Waals surface area contributed by atoms with Gasteiger partial charge in [-0.05, 0) is 26.3 Å². The Morgan fingerprint density at radius 2 is 2.36 bits per heavy atom. The maximum absolute atomic E-state index is 4.87. The molecule has 0 N–H and O–H groups in total. The summed E-state index contributed by atoms with van der Waals surface area (Å²) in [5.74, 6) is 0.339. The number of hydrogen-bond acceptors (Lipinski definition) is 3. The van der Waals surface area contributed by atoms with Crippen LogP contribution in [0.1, 0.15) is 32.2 Å². The standard InChI is InChI=1S/C9H15BN2O2/c1-9(2,3)12-5-7(4-11-12)8-6-13-14-10-8/h4-5,8,10H,6H2,1-3H3. The SMILES string of the molecule is CC(C)(C)n1cc(C2BOOC2)cn1. The first-order valence-electron chi connectivity index (χ1n) is 4.87. The van der Waals surface area contributed by atoms with Crippen molar-refractivity contribution in [3.8, 4) is 0 Å². The molecular weight excluding hydrogens is 179 g/mol. The Bertz CT molecular complexity index is 313. The molecule has 1 aliphatic rings. The second-order valence-electron chi connectivity index (χ2n) is 4.66. The number of aromatic nitrogens is 2. The summed E-state index contributed by atoms with van der Waals surface area (Å²) in [7, 11) is 0.635. The van der Waals surface area contributed by atoms with Crippen molar-refractivity contribution in [3.05, 3.63) is 18.0 Å². The second kappa shape index (κ2) is 3.40. The largest absolute Gasteiger partial charge is 0.333 e. The summed E-state index contributed by atoms with van der Waals surface area (Å²) in [5, 5.41) is 4.34. The Morgan fingerprint density at radius 1 is 1.57 bits per heavy atom. The van der Waals surface area contributed by atoms with Crippen LogP contribution in [0.15, 0.2) is 12.4 Å². The van der Waals surface area contributed by atoms with Crippen LogP contribution in [0, 0.1) is 0 Å². The van der Waals surface area contributed by atoms with Gasteiger partial charge >= 0.3 is 7.48 Å². The summed E-state index contributed by atoms with van der Waals surface area (Å²) in [6, 6.07) is 0. The van der Waals surface area contributed by atoms with E-state index in [1.165, 1.54) is 5.56 Å². The van der Waals surface area contributed by atoms with Crippen LogP contribution in [-0.4, -0.2) is 23.9 Å². The molecule has 1 aromatic heterocycles. The minimum absolute atomic E-state index is 0.0402. The van der Waals surface area contributed by atoms with Gasteiger partial charge < -0.3 is 4.81 Å². The number of nitrogens with zero attached hydrogens (tertiary/aromatic N) is 2. The molecule has 4 nitrogen and oxygen atoms in total. The Labute approximate surface area is 84.4 Å². The zero-order valence-corrected chi connectivity index (χ0v) is 8.86. The first kappa shape index (κ1) is 9.74. The number of hydrogen-bond donors (Lipinski definition) is 0. The fourth-order valence-electron chi connectivity index (χ4n) is 1.42. The van der Waals surface area contributed by atoms with Gasteiger partial charge in [-0.2, -0.15) is 5.10 Å². The van der Waals surface area contributed by atoms with Crippen molar-refractivity contribution >= 4 is 7.48 Å². The highest BCUT2D eigenvalue weighted by molar-refractivity contribution is 6.30. The molecule has 14 heavy (non-hydrogen) atoms. The Balaban J connectivity index is 2.17. The summed E-state index contributed by atoms with van der Waals surface area (Å²) in [4.78, 5) is 9.74. The molecule has 0 aliphatic carbocycles. The van der Waals surface area contributed by atoms with Crippen LogP contribution >= 0.6 is 0 Å². The van der Waals surface area contributed by atoms with Gasteiger partial charge in [0.2, 0.25) is 0 Å². The maximum Gasteiger partial charge on any atom is 0.333 e. The summed E-state index contributed by atoms with van der Waals surface area (Å²) < 4.78 is 1.97. The molecule has 0 aromatic carbocycles. The van der Waals surface area contributed by atoms with Gasteiger partial charge in [0.1, 0.15) is 0 Å². The molecule has 1 aromatic rings. The molecule has 0 radical (unpaired) electrons. The van der Waals surface area contributed by atoms with E-state index in [0.717, 1.165) is 0 Å². The quantitative estimate of drug-likeness (QED) is 0.494. The first-order chi connectivity index (χ1) is 6.57. The summed E-state index contributed by atoms with van der Waals surface area (Å²) >= 11 is 0. The minimum atomic E-state index is 0.0402. The topological polar surface area (TPSA) is 36.3 Å². The average molecular weight is 194 g/mol. The van der Waals surface area contributed by atoms with Crippen LogP contribution in [0.25, 0.3) is 0 Å². The molecule has 2 heterocycles. The molecule has 1 aliphatic heterocycles. The van der Waals surface area contributed by atoms with Crippen molar-refractivity contribution < 1.29 is 9.69 Å². The van der Waals surface area contributed by atoms with Crippen molar-refractivity contribution in [3.63, 3.8) is 0 Å². The van der Waals surface area contributed by atoms with E-state index in [1.807, 2.05) is 10.9 Å². The lowest BCUT2D eigenvalue weighted by atomic mass is 9.78. The lowest BCUT2D eigenvalue weighted by molar-refractivity contribution is -0.183. The van der Waals surface area contributed by atoms with Gasteiger partial charge in [-0.3, -0.25) is 9.57 Å². The smallest absolute Gasteiger partial charge is 0.309 e. The lowest BCUT2D eigenvalue weighted by Crippen LogP contribution is -2.22. The molecule has 0 saturated carbocycles. The van der Waals surface area contributed by atoms with Crippen molar-refractivity contribution in [2.24, 2.45) is 0 Å². The minimum Gasteiger partial charge on any atom is -0.309 e. The van der Waals surface area contributed by atoms with Gasteiger partial charge in [0.25, 0.3) is 0 Å². The van der Waals surface area contributed by atoms with Crippen LogP contribution in [0.5, 0.6) is 0 Å². The molecule has 2 rings (SSSR count). The van der Waals surface area contributed by atoms with E-state index in [0.29, 0.717) is 19.9 Å². The highest BCUT2D eigenvalue weighted by atomic mass is 17.2. The first-order valence-corrected chi connectivity index (χ1v) is 4.87. The molecule has 5 heteroatoms. The van der Waals surface area contributed by atoms with Crippen LogP contribution in [0.2, 0.25) is 0 Å². The summed E-state index contributed by atoms with van der Waals surface area (Å²) in [6.07, 6.45) is 3.97. The Hall–Kier alpha value is -0.805. The molecular formula is C9H15BN2O2. The molecule has 1 saturated heterocycles. The monoisotopic (exact) mass is 194 g/mol. The number of rotatable bonds is 1. The van der Waals surface area contributed by atoms with Crippen LogP contribution in [0.3, 0.4) is 0 Å². The van der Waals surface area contributed by atoms with Gasteiger partial charge in [0.15, 0.2) is 0 Å². The van der Waals surface area contributed by atoms with Crippen LogP contribution in [0.4, 0.5) is 0 Å². The molecule has 1 fully saturated rings. The molecule has 0 amide bonds. The molecule has 1 unspecified atom stereocenters. The van der Waals surface area contributed by atoms with Crippen LogP contribution in [-0.2, 0) is 15.2 Å². The van der Waals surface area contributed by atoms with E-state index >= 15 is 0 Å². The van der Waals surface area contributed by atoms with Gasteiger partial charge in [-0.25, -0.2) is 0 Å². The highest BCUT2D eigenvalue weighted by Gasteiger charge is 2.24. The van der Waals surface area contributed by atoms with E-state index in [2.05, 4.69) is 32.1 Å². The van der Waals surface area contributed by atoms with E-state index in [-0.39, 0.29) is 5.54 Å². The molecule has 76 valence electrons. The third-order valence-corrected chi connectivity index (χ3v) is 2.38. The van der Waals surface area contributed by atoms with Crippen molar-refractivity contribution in [2.45, 2.75) is 32.1 Å². The molecule has 1 atom stereocenters. The normalized spacial score (nSPS) is 22.4. The predicted octanol–water partition coefficient (Wildman–Crippen LogP) is 0.992. The molecule has 0 bridgehead atoms. The zero-order chi connectivity index (χ0) is 10.2. The highest BCUT2D eigenvalue weighted by Crippen LogP contribution is 2.21. The van der Waals surface area contributed by atoms with Gasteiger partial charge in [-0.1, -0.05) is 0 Å². The van der Waals surface area contributed by atoms with Crippen molar-refractivity contribution in [2.75, 3.05) is 6.61 Å². The second-order valence-corrected chi connectivity index (χ2v) is 4.66. The predicted molar refractivity (Wildman–Crippen MR) is 54.2 cm³/mol. The fourth-order valence-corrected chi connectivity index (χ4v) is 1.42. The average Bonchev–Trinajstić information content (AvgIpc) is 2.73. The van der Waals surface area contributed by atoms with E-state index in [1.54, 1.807) is 0 Å². The van der Waals surface area contributed by atoms with E-state index in [9.17, 15) is 0 Å². The van der Waals surface area contributed by atoms with Gasteiger partial charge in [0, 0.05) is 12.0 Å². The molecule has 0 spiro atoms. The Kier molecular flexibility index (Phi) is 2.37. The maximum atomic E-state index is 4.87. The summed E-state index contributed by atoms with van der Waals surface area (Å²) in [6.45, 7) is 7.03. The lowest BCUT2D eigenvalue weighted by Gasteiger charge is -2.18. The third-order valence-electron chi connectivity index (χ3n) is 2.38.